The third kappa shape index (κ3) is 5.21. The number of amides is 1. The van der Waals surface area contributed by atoms with E-state index in [9.17, 15) is 18.0 Å². The van der Waals surface area contributed by atoms with Crippen LogP contribution in [0.5, 0.6) is 0 Å². The smallest absolute Gasteiger partial charge is 0.475 e. The molecule has 0 aromatic carbocycles. The van der Waals surface area contributed by atoms with Crippen LogP contribution in [0.15, 0.2) is 16.7 Å². The zero-order valence-corrected chi connectivity index (χ0v) is 17.1. The molecule has 1 atom stereocenters. The maximum absolute atomic E-state index is 12.9. The van der Waals surface area contributed by atoms with Crippen LogP contribution in [0, 0.1) is 13.8 Å². The molecule has 1 amide bonds. The monoisotopic (exact) mass is 431 g/mol. The number of aliphatic carboxylic acids is 1. The third-order valence-electron chi connectivity index (χ3n) is 4.67. The molecule has 2 aromatic rings. The lowest BCUT2D eigenvalue weighted by atomic mass is 9.95. The van der Waals surface area contributed by atoms with Crippen molar-refractivity contribution >= 4 is 11.9 Å². The second-order valence-corrected chi connectivity index (χ2v) is 6.83. The van der Waals surface area contributed by atoms with Crippen LogP contribution in [0.3, 0.4) is 0 Å². The van der Waals surface area contributed by atoms with Gasteiger partial charge in [0.25, 0.3) is 5.91 Å². The van der Waals surface area contributed by atoms with Crippen molar-refractivity contribution in [1.29, 1.82) is 0 Å². The van der Waals surface area contributed by atoms with Gasteiger partial charge in [0, 0.05) is 31.7 Å². The van der Waals surface area contributed by atoms with E-state index < -0.39 is 12.1 Å². The zero-order chi connectivity index (χ0) is 22.6. The van der Waals surface area contributed by atoms with Crippen molar-refractivity contribution < 1.29 is 37.0 Å². The number of carbonyl (C=O) groups is 2. The normalized spacial score (nSPS) is 16.0. The predicted octanol–water partition coefficient (Wildman–Crippen LogP) is 3.13. The lowest BCUT2D eigenvalue weighted by molar-refractivity contribution is -0.192. The summed E-state index contributed by atoms with van der Waals surface area (Å²) in [6.07, 6.45) is -3.17. The van der Waals surface area contributed by atoms with Crippen LogP contribution < -0.4 is 0 Å². The lowest BCUT2D eigenvalue weighted by Crippen LogP contribution is -2.40. The van der Waals surface area contributed by atoms with Crippen molar-refractivity contribution in [2.45, 2.75) is 46.0 Å². The molecule has 3 heterocycles. The average Bonchev–Trinajstić information content (AvgIpc) is 3.23. The first-order valence-corrected chi connectivity index (χ1v) is 9.19. The van der Waals surface area contributed by atoms with Crippen LogP contribution in [0.25, 0.3) is 0 Å². The third-order valence-corrected chi connectivity index (χ3v) is 4.67. The Hall–Kier alpha value is -2.82. The minimum atomic E-state index is -5.08. The highest BCUT2D eigenvalue weighted by atomic mass is 19.4. The van der Waals surface area contributed by atoms with Crippen LogP contribution in [0.4, 0.5) is 13.2 Å². The van der Waals surface area contributed by atoms with E-state index in [0.29, 0.717) is 31.0 Å². The molecule has 0 aliphatic carbocycles. The molecular weight excluding hydrogens is 407 g/mol. The number of fused-ring (bicyclic) bond motifs is 1. The van der Waals surface area contributed by atoms with Crippen LogP contribution in [-0.2, 0) is 22.6 Å². The summed E-state index contributed by atoms with van der Waals surface area (Å²) in [5.74, 6) is -1.16. The molecule has 1 aliphatic rings. The Morgan fingerprint density at radius 1 is 1.37 bits per heavy atom. The Balaban J connectivity index is 0.000000396. The number of carbonyl (C=O) groups excluding carboxylic acids is 1. The Morgan fingerprint density at radius 3 is 2.47 bits per heavy atom. The number of carboxylic acid groups (broad SMARTS) is 1. The van der Waals surface area contributed by atoms with Crippen LogP contribution >= 0.6 is 0 Å². The van der Waals surface area contributed by atoms with Gasteiger partial charge in [-0.25, -0.2) is 4.79 Å². The highest BCUT2D eigenvalue weighted by molar-refractivity contribution is 5.95. The predicted molar refractivity (Wildman–Crippen MR) is 99.1 cm³/mol. The van der Waals surface area contributed by atoms with E-state index in [1.165, 1.54) is 5.56 Å². The summed E-state index contributed by atoms with van der Waals surface area (Å²) in [7, 11) is 1.69. The van der Waals surface area contributed by atoms with Gasteiger partial charge in [0.15, 0.2) is 0 Å². The molecule has 1 aliphatic heterocycles. The Morgan fingerprint density at radius 2 is 2.00 bits per heavy atom. The summed E-state index contributed by atoms with van der Waals surface area (Å²) < 4.78 is 44.6. The number of aromatic nitrogens is 2. The summed E-state index contributed by atoms with van der Waals surface area (Å²) in [5.41, 5.74) is 2.94. The van der Waals surface area contributed by atoms with Gasteiger partial charge in [0.2, 0.25) is 0 Å². The fourth-order valence-electron chi connectivity index (χ4n) is 3.33. The molecule has 0 radical (unpaired) electrons. The molecule has 1 unspecified atom stereocenters. The van der Waals surface area contributed by atoms with Crippen LogP contribution in [0.1, 0.15) is 46.0 Å². The van der Waals surface area contributed by atoms with Gasteiger partial charge in [0.05, 0.1) is 30.6 Å². The number of halogens is 3. The van der Waals surface area contributed by atoms with Gasteiger partial charge in [-0.1, -0.05) is 0 Å². The zero-order valence-electron chi connectivity index (χ0n) is 17.1. The van der Waals surface area contributed by atoms with Crippen LogP contribution in [0.2, 0.25) is 0 Å². The van der Waals surface area contributed by atoms with Crippen molar-refractivity contribution in [1.82, 2.24) is 14.7 Å². The maximum atomic E-state index is 12.9. The number of ether oxygens (including phenoxy) is 1. The van der Waals surface area contributed by atoms with Gasteiger partial charge >= 0.3 is 12.1 Å². The quantitative estimate of drug-likeness (QED) is 0.799. The van der Waals surface area contributed by atoms with Crippen molar-refractivity contribution in [2.24, 2.45) is 0 Å². The maximum Gasteiger partial charge on any atom is 0.490 e. The van der Waals surface area contributed by atoms with E-state index >= 15 is 0 Å². The molecule has 0 fully saturated rings. The average molecular weight is 431 g/mol. The molecule has 8 nitrogen and oxygen atoms in total. The topological polar surface area (TPSA) is 97.8 Å². The molecule has 2 aromatic heterocycles. The molecule has 0 saturated heterocycles. The number of hydrogen-bond acceptors (Lipinski definition) is 5. The standard InChI is InChI=1S/C17H23N3O3.C2HF3O2/c1-5-20-16-9-19(8-13(10-22-4)15(16)7-18-20)17(21)14-6-11(2)23-12(14)3;3-2(4,5)1(6)7/h6-7,13H,5,8-10H2,1-4H3;(H,6,7). The van der Waals surface area contributed by atoms with E-state index in [4.69, 9.17) is 19.1 Å². The van der Waals surface area contributed by atoms with Gasteiger partial charge in [-0.3, -0.25) is 9.48 Å². The Bertz CT molecular complexity index is 904. The summed E-state index contributed by atoms with van der Waals surface area (Å²) in [6, 6.07) is 1.82. The van der Waals surface area contributed by atoms with Crippen molar-refractivity contribution in [3.8, 4) is 0 Å². The van der Waals surface area contributed by atoms with E-state index in [-0.39, 0.29) is 11.8 Å². The molecule has 166 valence electrons. The van der Waals surface area contributed by atoms with E-state index in [0.717, 1.165) is 18.0 Å². The molecule has 0 saturated carbocycles. The van der Waals surface area contributed by atoms with E-state index in [2.05, 4.69) is 12.0 Å². The van der Waals surface area contributed by atoms with Gasteiger partial charge in [-0.15, -0.1) is 0 Å². The molecule has 0 bridgehead atoms. The molecule has 3 rings (SSSR count). The fraction of sp³-hybridized carbons (Fsp3) is 0.526. The van der Waals surface area contributed by atoms with Crippen LogP contribution in [-0.4, -0.2) is 58.1 Å². The Labute approximate surface area is 171 Å². The highest BCUT2D eigenvalue weighted by Gasteiger charge is 2.38. The van der Waals surface area contributed by atoms with E-state index in [1.54, 1.807) is 7.11 Å². The second-order valence-electron chi connectivity index (χ2n) is 6.83. The number of aryl methyl sites for hydroxylation is 3. The highest BCUT2D eigenvalue weighted by Crippen LogP contribution is 2.30. The van der Waals surface area contributed by atoms with Gasteiger partial charge in [0.1, 0.15) is 11.5 Å². The van der Waals surface area contributed by atoms with E-state index in [1.807, 2.05) is 35.7 Å². The first-order valence-electron chi connectivity index (χ1n) is 9.19. The number of nitrogens with zero attached hydrogens (tertiary/aromatic N) is 3. The largest absolute Gasteiger partial charge is 0.490 e. The fourth-order valence-corrected chi connectivity index (χ4v) is 3.33. The van der Waals surface area contributed by atoms with Gasteiger partial charge in [-0.05, 0) is 26.8 Å². The molecule has 0 spiro atoms. The number of furan rings is 1. The first kappa shape index (κ1) is 23.5. The Kier molecular flexibility index (Phi) is 7.30. The molecular formula is C19H24F3N3O5. The van der Waals surface area contributed by atoms with Crippen molar-refractivity contribution in [3.05, 3.63) is 40.6 Å². The SMILES string of the molecule is CCn1ncc2c1CN(C(=O)c1cc(C)oc1C)CC2COC.O=C(O)C(F)(F)F. The summed E-state index contributed by atoms with van der Waals surface area (Å²) in [5, 5.41) is 11.6. The summed E-state index contributed by atoms with van der Waals surface area (Å²) in [6.45, 7) is 8.33. The first-order chi connectivity index (χ1) is 14.0. The molecule has 1 N–H and O–H groups in total. The minimum Gasteiger partial charge on any atom is -0.475 e. The number of methoxy groups -OCH3 is 1. The summed E-state index contributed by atoms with van der Waals surface area (Å²) in [4.78, 5) is 23.7. The van der Waals surface area contributed by atoms with Gasteiger partial charge in [-0.2, -0.15) is 18.3 Å². The number of hydrogen-bond donors (Lipinski definition) is 1. The second kappa shape index (κ2) is 9.33. The summed E-state index contributed by atoms with van der Waals surface area (Å²) >= 11 is 0. The lowest BCUT2D eigenvalue weighted by Gasteiger charge is -2.33. The van der Waals surface area contributed by atoms with Crippen molar-refractivity contribution in [2.75, 3.05) is 20.3 Å². The molecule has 30 heavy (non-hydrogen) atoms. The minimum absolute atomic E-state index is 0.00922. The number of carboxylic acids is 1. The number of rotatable bonds is 4. The number of alkyl halides is 3. The molecule has 11 heteroatoms. The van der Waals surface area contributed by atoms with Crippen molar-refractivity contribution in [3.63, 3.8) is 0 Å². The van der Waals surface area contributed by atoms with Gasteiger partial charge < -0.3 is 19.2 Å².